The van der Waals surface area contributed by atoms with Gasteiger partial charge in [-0.2, -0.15) is 0 Å². The molecule has 0 unspecified atom stereocenters. The van der Waals surface area contributed by atoms with E-state index in [0.29, 0.717) is 6.04 Å². The molecule has 1 aromatic heterocycles. The lowest BCUT2D eigenvalue weighted by Crippen LogP contribution is -2.06. The van der Waals surface area contributed by atoms with Crippen LogP contribution in [-0.2, 0) is 0 Å². The lowest BCUT2D eigenvalue weighted by molar-refractivity contribution is 0.502. The number of aromatic nitrogens is 2. The molecule has 0 spiro atoms. The van der Waals surface area contributed by atoms with E-state index in [4.69, 9.17) is 12.2 Å². The maximum atomic E-state index is 5.30. The van der Waals surface area contributed by atoms with Crippen LogP contribution in [0.5, 0.6) is 0 Å². The zero-order chi connectivity index (χ0) is 9.42. The summed E-state index contributed by atoms with van der Waals surface area (Å²) in [7, 11) is 0. The van der Waals surface area contributed by atoms with E-state index < -0.39 is 0 Å². The molecule has 1 heterocycles. The maximum Gasteiger partial charge on any atom is 0.177 e. The van der Waals surface area contributed by atoms with Crippen molar-refractivity contribution >= 4 is 12.2 Å². The topological polar surface area (TPSA) is 20.7 Å². The first-order valence-corrected chi connectivity index (χ1v) is 5.38. The summed E-state index contributed by atoms with van der Waals surface area (Å²) in [6, 6.07) is 0.664. The van der Waals surface area contributed by atoms with Crippen LogP contribution in [0.4, 0.5) is 0 Å². The van der Waals surface area contributed by atoms with Gasteiger partial charge in [0.1, 0.15) is 0 Å². The predicted octanol–water partition coefficient (Wildman–Crippen LogP) is 3.28. The zero-order valence-electron chi connectivity index (χ0n) is 8.26. The van der Waals surface area contributed by atoms with E-state index in [2.05, 4.69) is 23.4 Å². The smallest absolute Gasteiger partial charge is 0.177 e. The molecule has 0 aliphatic heterocycles. The molecule has 1 aliphatic carbocycles. The molecule has 3 heteroatoms. The van der Waals surface area contributed by atoms with Crippen molar-refractivity contribution < 1.29 is 0 Å². The molecule has 0 saturated heterocycles. The van der Waals surface area contributed by atoms with Crippen LogP contribution >= 0.6 is 12.2 Å². The number of rotatable bonds is 1. The van der Waals surface area contributed by atoms with E-state index in [0.717, 1.165) is 4.77 Å². The molecule has 0 bridgehead atoms. The van der Waals surface area contributed by atoms with Crippen molar-refractivity contribution in [2.24, 2.45) is 0 Å². The summed E-state index contributed by atoms with van der Waals surface area (Å²) in [6.07, 6.45) is 5.31. The first-order valence-electron chi connectivity index (χ1n) is 4.98. The summed E-state index contributed by atoms with van der Waals surface area (Å²) >= 11 is 5.30. The molecule has 1 saturated carbocycles. The van der Waals surface area contributed by atoms with Gasteiger partial charge in [-0.1, -0.05) is 12.8 Å². The predicted molar refractivity (Wildman–Crippen MR) is 56.6 cm³/mol. The Balaban J connectivity index is 2.43. The molecule has 1 fully saturated rings. The number of H-pyrrole nitrogens is 1. The Kier molecular flexibility index (Phi) is 2.28. The lowest BCUT2D eigenvalue weighted by atomic mass is 10.2. The second kappa shape index (κ2) is 3.29. The first-order chi connectivity index (χ1) is 6.20. The Bertz CT molecular complexity index is 355. The third kappa shape index (κ3) is 1.46. The average molecular weight is 196 g/mol. The summed E-state index contributed by atoms with van der Waals surface area (Å²) in [6.45, 7) is 4.25. The van der Waals surface area contributed by atoms with Crippen LogP contribution in [0.3, 0.4) is 0 Å². The molecule has 2 nitrogen and oxygen atoms in total. The lowest BCUT2D eigenvalue weighted by Gasteiger charge is -2.13. The zero-order valence-corrected chi connectivity index (χ0v) is 9.08. The Morgan fingerprint density at radius 1 is 1.31 bits per heavy atom. The van der Waals surface area contributed by atoms with Gasteiger partial charge in [-0.25, -0.2) is 0 Å². The van der Waals surface area contributed by atoms with Crippen molar-refractivity contribution in [2.75, 3.05) is 0 Å². The van der Waals surface area contributed by atoms with Gasteiger partial charge in [-0.3, -0.25) is 0 Å². The van der Waals surface area contributed by atoms with Gasteiger partial charge in [-0.15, -0.1) is 0 Å². The second-order valence-electron chi connectivity index (χ2n) is 3.95. The number of nitrogens with zero attached hydrogens (tertiary/aromatic N) is 1. The third-order valence-electron chi connectivity index (χ3n) is 3.11. The van der Waals surface area contributed by atoms with Crippen molar-refractivity contribution in [2.45, 2.75) is 45.6 Å². The molecule has 13 heavy (non-hydrogen) atoms. The summed E-state index contributed by atoms with van der Waals surface area (Å²) in [5.74, 6) is 0. The molecule has 1 N–H and O–H groups in total. The summed E-state index contributed by atoms with van der Waals surface area (Å²) < 4.78 is 3.21. The van der Waals surface area contributed by atoms with Crippen LogP contribution in [0.1, 0.15) is 43.1 Å². The highest BCUT2D eigenvalue weighted by Gasteiger charge is 2.19. The molecular formula is C10H16N2S. The third-order valence-corrected chi connectivity index (χ3v) is 3.41. The Morgan fingerprint density at radius 2 is 1.92 bits per heavy atom. The number of nitrogens with one attached hydrogen (secondary N) is 1. The van der Waals surface area contributed by atoms with E-state index in [9.17, 15) is 0 Å². The van der Waals surface area contributed by atoms with Gasteiger partial charge < -0.3 is 9.55 Å². The summed E-state index contributed by atoms with van der Waals surface area (Å²) in [4.78, 5) is 3.23. The van der Waals surface area contributed by atoms with Crippen molar-refractivity contribution in [1.29, 1.82) is 0 Å². The van der Waals surface area contributed by atoms with Crippen molar-refractivity contribution in [3.8, 4) is 0 Å². The molecule has 72 valence electrons. The van der Waals surface area contributed by atoms with E-state index in [1.54, 1.807) is 0 Å². The fourth-order valence-corrected chi connectivity index (χ4v) is 2.69. The van der Waals surface area contributed by atoms with Crippen LogP contribution in [-0.4, -0.2) is 9.55 Å². The standard InChI is InChI=1S/C10H16N2S/c1-7-8(2)12(10(13)11-7)9-5-3-4-6-9/h9H,3-6H2,1-2H3,(H,11,13). The minimum absolute atomic E-state index is 0.664. The van der Waals surface area contributed by atoms with Gasteiger partial charge in [0, 0.05) is 17.4 Å². The monoisotopic (exact) mass is 196 g/mol. The average Bonchev–Trinajstić information content (AvgIpc) is 2.63. The molecular weight excluding hydrogens is 180 g/mol. The van der Waals surface area contributed by atoms with E-state index in [-0.39, 0.29) is 0 Å². The van der Waals surface area contributed by atoms with E-state index >= 15 is 0 Å². The van der Waals surface area contributed by atoms with Crippen molar-refractivity contribution in [1.82, 2.24) is 9.55 Å². The van der Waals surface area contributed by atoms with Crippen molar-refractivity contribution in [3.05, 3.63) is 16.2 Å². The molecule has 1 aromatic rings. The fraction of sp³-hybridized carbons (Fsp3) is 0.700. The summed E-state index contributed by atoms with van der Waals surface area (Å²) in [5, 5.41) is 0. The number of hydrogen-bond acceptors (Lipinski definition) is 1. The SMILES string of the molecule is Cc1[nH]c(=S)n(C2CCCC2)c1C. The highest BCUT2D eigenvalue weighted by atomic mass is 32.1. The van der Waals surface area contributed by atoms with Crippen LogP contribution in [0.2, 0.25) is 0 Å². The minimum Gasteiger partial charge on any atom is -0.335 e. The Labute approximate surface area is 84.0 Å². The van der Waals surface area contributed by atoms with Gasteiger partial charge in [0.15, 0.2) is 4.77 Å². The van der Waals surface area contributed by atoms with Crippen molar-refractivity contribution in [3.63, 3.8) is 0 Å². The normalized spacial score (nSPS) is 18.3. The van der Waals surface area contributed by atoms with E-state index in [1.165, 1.54) is 37.1 Å². The van der Waals surface area contributed by atoms with Crippen LogP contribution in [0, 0.1) is 18.6 Å². The number of aromatic amines is 1. The summed E-state index contributed by atoms with van der Waals surface area (Å²) in [5.41, 5.74) is 2.54. The quantitative estimate of drug-likeness (QED) is 0.684. The van der Waals surface area contributed by atoms with Gasteiger partial charge >= 0.3 is 0 Å². The van der Waals surface area contributed by atoms with Crippen LogP contribution in [0.25, 0.3) is 0 Å². The van der Waals surface area contributed by atoms with Gasteiger partial charge in [0.05, 0.1) is 0 Å². The molecule has 0 atom stereocenters. The van der Waals surface area contributed by atoms with E-state index in [1.807, 2.05) is 0 Å². The fourth-order valence-electron chi connectivity index (χ4n) is 2.25. The minimum atomic E-state index is 0.664. The Hall–Kier alpha value is -0.570. The van der Waals surface area contributed by atoms with Crippen LogP contribution in [0.15, 0.2) is 0 Å². The molecule has 0 aromatic carbocycles. The number of aryl methyl sites for hydroxylation is 1. The molecule has 0 radical (unpaired) electrons. The molecule has 2 rings (SSSR count). The maximum absolute atomic E-state index is 5.30. The molecule has 0 amide bonds. The highest BCUT2D eigenvalue weighted by molar-refractivity contribution is 7.71. The number of imidazole rings is 1. The van der Waals surface area contributed by atoms with Gasteiger partial charge in [0.2, 0.25) is 0 Å². The first kappa shape index (κ1) is 9.00. The molecule has 1 aliphatic rings. The largest absolute Gasteiger partial charge is 0.335 e. The van der Waals surface area contributed by atoms with Gasteiger partial charge in [0.25, 0.3) is 0 Å². The van der Waals surface area contributed by atoms with Gasteiger partial charge in [-0.05, 0) is 38.9 Å². The highest BCUT2D eigenvalue weighted by Crippen LogP contribution is 2.31. The number of hydrogen-bond donors (Lipinski definition) is 1. The Morgan fingerprint density at radius 3 is 2.38 bits per heavy atom. The van der Waals surface area contributed by atoms with Crippen LogP contribution < -0.4 is 0 Å². The second-order valence-corrected chi connectivity index (χ2v) is 4.34.